The average Bonchev–Trinajstić information content (AvgIpc) is 2.87. The fraction of sp³-hybridized carbons (Fsp3) is 0.393. The van der Waals surface area contributed by atoms with Crippen molar-refractivity contribution in [3.05, 3.63) is 87.7 Å². The molecule has 2 N–H and O–H groups in total. The molecular weight excluding hydrogens is 554 g/mol. The van der Waals surface area contributed by atoms with Crippen molar-refractivity contribution in [3.8, 4) is 5.75 Å². The third-order valence-corrected chi connectivity index (χ3v) is 7.20. The maximum absolute atomic E-state index is 12.9. The molecule has 0 aliphatic carbocycles. The molecule has 0 bridgehead atoms. The van der Waals surface area contributed by atoms with Crippen LogP contribution in [0.25, 0.3) is 0 Å². The molecule has 6 nitrogen and oxygen atoms in total. The lowest BCUT2D eigenvalue weighted by atomic mass is 9.94. The number of halogens is 5. The third-order valence-electron chi connectivity index (χ3n) is 6.65. The van der Waals surface area contributed by atoms with Gasteiger partial charge >= 0.3 is 6.18 Å². The Kier molecular flexibility index (Phi) is 8.98. The van der Waals surface area contributed by atoms with E-state index in [4.69, 9.17) is 27.9 Å². The Morgan fingerprint density at radius 3 is 2.38 bits per heavy atom. The van der Waals surface area contributed by atoms with Crippen LogP contribution >= 0.6 is 23.2 Å². The van der Waals surface area contributed by atoms with Crippen LogP contribution in [-0.4, -0.2) is 59.0 Å². The molecule has 1 saturated heterocycles. The first kappa shape index (κ1) is 29.4. The number of pyridine rings is 1. The Hall–Kier alpha value is -2.56. The van der Waals surface area contributed by atoms with Gasteiger partial charge in [-0.15, -0.1) is 0 Å². The minimum Gasteiger partial charge on any atom is -0.491 e. The maximum atomic E-state index is 12.9. The highest BCUT2D eigenvalue weighted by Crippen LogP contribution is 2.38. The predicted molar refractivity (Wildman–Crippen MR) is 145 cm³/mol. The number of piperazine rings is 1. The number of hydrogen-bond acceptors (Lipinski definition) is 6. The summed E-state index contributed by atoms with van der Waals surface area (Å²) in [5.74, 6) is 0.549. The second-order valence-electron chi connectivity index (χ2n) is 9.97. The zero-order valence-corrected chi connectivity index (χ0v) is 23.0. The highest BCUT2D eigenvalue weighted by atomic mass is 35.5. The Morgan fingerprint density at radius 2 is 1.79 bits per heavy atom. The number of alkyl halides is 3. The van der Waals surface area contributed by atoms with Crippen LogP contribution < -0.4 is 9.64 Å². The first-order valence-corrected chi connectivity index (χ1v) is 13.2. The average molecular weight is 584 g/mol. The molecule has 0 saturated carbocycles. The van der Waals surface area contributed by atoms with Crippen molar-refractivity contribution in [1.82, 2.24) is 9.88 Å². The number of nitrogens with zero attached hydrogens (tertiary/aromatic N) is 3. The number of ether oxygens (including phenoxy) is 1. The lowest BCUT2D eigenvalue weighted by molar-refractivity contribution is -0.141. The van der Waals surface area contributed by atoms with Crippen LogP contribution in [0.15, 0.2) is 60.8 Å². The summed E-state index contributed by atoms with van der Waals surface area (Å²) in [6.45, 7) is 5.21. The number of aliphatic hydroxyl groups is 2. The number of aliphatic hydroxyl groups excluding tert-OH is 1. The third kappa shape index (κ3) is 7.35. The van der Waals surface area contributed by atoms with Crippen LogP contribution in [0.5, 0.6) is 5.75 Å². The summed E-state index contributed by atoms with van der Waals surface area (Å²) in [4.78, 5) is 7.75. The van der Waals surface area contributed by atoms with E-state index < -0.39 is 23.6 Å². The van der Waals surface area contributed by atoms with Gasteiger partial charge in [-0.1, -0.05) is 41.4 Å². The van der Waals surface area contributed by atoms with Crippen LogP contribution in [0.2, 0.25) is 10.0 Å². The summed E-state index contributed by atoms with van der Waals surface area (Å²) < 4.78 is 44.4. The van der Waals surface area contributed by atoms with Crippen LogP contribution in [0.3, 0.4) is 0 Å². The second kappa shape index (κ2) is 11.9. The standard InChI is InChI=1S/C28H30Cl2F3N3O3/c1-18(37)16-39-22-8-9-24(23(30)13-22)36-12-11-35(15-25(36)19-3-6-21(29)7-4-19)17-27(2,38)20-5-10-26(34-14-20)28(31,32)33/h3-10,13-14,18,25,37-38H,11-12,15-17H2,1-2H3/t18-,25-,27+/m0/s1. The van der Waals surface area contributed by atoms with Gasteiger partial charge in [-0.2, -0.15) is 13.2 Å². The molecule has 1 aliphatic rings. The number of rotatable bonds is 8. The van der Waals surface area contributed by atoms with Crippen LogP contribution in [0.1, 0.15) is 36.7 Å². The van der Waals surface area contributed by atoms with Crippen molar-refractivity contribution in [2.45, 2.75) is 37.8 Å². The summed E-state index contributed by atoms with van der Waals surface area (Å²) in [5.41, 5.74) is -0.330. The molecule has 0 spiro atoms. The largest absolute Gasteiger partial charge is 0.491 e. The molecule has 0 amide bonds. The minimum atomic E-state index is -4.55. The van der Waals surface area contributed by atoms with Gasteiger partial charge in [0.15, 0.2) is 0 Å². The molecule has 11 heteroatoms. The minimum absolute atomic E-state index is 0.149. The molecule has 0 unspecified atom stereocenters. The van der Waals surface area contributed by atoms with E-state index in [1.807, 2.05) is 30.3 Å². The summed E-state index contributed by atoms with van der Waals surface area (Å²) in [6, 6.07) is 14.9. The van der Waals surface area contributed by atoms with Gasteiger partial charge < -0.3 is 19.8 Å². The highest BCUT2D eigenvalue weighted by molar-refractivity contribution is 6.33. The zero-order chi connectivity index (χ0) is 28.4. The Labute approximate surface area is 235 Å². The van der Waals surface area contributed by atoms with Gasteiger partial charge in [-0.3, -0.25) is 9.88 Å². The van der Waals surface area contributed by atoms with Gasteiger partial charge in [0.05, 0.1) is 22.9 Å². The van der Waals surface area contributed by atoms with E-state index in [2.05, 4.69) is 14.8 Å². The molecule has 210 valence electrons. The monoisotopic (exact) mass is 583 g/mol. The summed E-state index contributed by atoms with van der Waals surface area (Å²) in [5, 5.41) is 21.8. The van der Waals surface area contributed by atoms with Crippen molar-refractivity contribution in [1.29, 1.82) is 0 Å². The summed E-state index contributed by atoms with van der Waals surface area (Å²) in [6.07, 6.45) is -4.08. The number of hydrogen-bond donors (Lipinski definition) is 2. The quantitative estimate of drug-likeness (QED) is 0.342. The van der Waals surface area contributed by atoms with Gasteiger partial charge in [0.25, 0.3) is 0 Å². The van der Waals surface area contributed by atoms with Crippen molar-refractivity contribution < 1.29 is 28.1 Å². The molecule has 3 atom stereocenters. The first-order valence-electron chi connectivity index (χ1n) is 12.4. The molecule has 1 aliphatic heterocycles. The van der Waals surface area contributed by atoms with Gasteiger partial charge in [0, 0.05) is 49.0 Å². The lowest BCUT2D eigenvalue weighted by Crippen LogP contribution is -2.52. The zero-order valence-electron chi connectivity index (χ0n) is 21.5. The van der Waals surface area contributed by atoms with Crippen LogP contribution in [-0.2, 0) is 11.8 Å². The van der Waals surface area contributed by atoms with E-state index in [1.54, 1.807) is 26.0 Å². The van der Waals surface area contributed by atoms with E-state index in [0.717, 1.165) is 23.5 Å². The predicted octanol–water partition coefficient (Wildman–Crippen LogP) is 5.94. The number of aromatic nitrogens is 1. The molecule has 2 aromatic carbocycles. The smallest absolute Gasteiger partial charge is 0.433 e. The fourth-order valence-corrected chi connectivity index (χ4v) is 5.08. The lowest BCUT2D eigenvalue weighted by Gasteiger charge is -2.45. The van der Waals surface area contributed by atoms with Gasteiger partial charge in [-0.05, 0) is 49.7 Å². The maximum Gasteiger partial charge on any atom is 0.433 e. The molecule has 0 radical (unpaired) electrons. The van der Waals surface area contributed by atoms with Crippen molar-refractivity contribution in [2.75, 3.05) is 37.7 Å². The van der Waals surface area contributed by atoms with Crippen molar-refractivity contribution in [3.63, 3.8) is 0 Å². The van der Waals surface area contributed by atoms with E-state index in [-0.39, 0.29) is 19.2 Å². The molecular formula is C28H30Cl2F3N3O3. The molecule has 4 rings (SSSR count). The topological polar surface area (TPSA) is 69.1 Å². The summed E-state index contributed by atoms with van der Waals surface area (Å²) in [7, 11) is 0. The van der Waals surface area contributed by atoms with Crippen LogP contribution in [0.4, 0.5) is 18.9 Å². The number of benzene rings is 2. The molecule has 39 heavy (non-hydrogen) atoms. The SMILES string of the molecule is C[C@H](O)COc1ccc(N2CCN(C[C@@](C)(O)c3ccc(C(F)(F)F)nc3)C[C@H]2c2ccc(Cl)cc2)c(Cl)c1. The normalized spacial score (nSPS) is 19.0. The van der Waals surface area contributed by atoms with Gasteiger partial charge in [0.2, 0.25) is 0 Å². The summed E-state index contributed by atoms with van der Waals surface area (Å²) >= 11 is 12.8. The Morgan fingerprint density at radius 1 is 1.08 bits per heavy atom. The number of anilines is 1. The van der Waals surface area contributed by atoms with Gasteiger partial charge in [0.1, 0.15) is 23.7 Å². The van der Waals surface area contributed by atoms with E-state index in [0.29, 0.717) is 41.0 Å². The van der Waals surface area contributed by atoms with E-state index >= 15 is 0 Å². The van der Waals surface area contributed by atoms with Crippen LogP contribution in [0, 0.1) is 0 Å². The second-order valence-corrected chi connectivity index (χ2v) is 10.8. The van der Waals surface area contributed by atoms with Gasteiger partial charge in [-0.25, -0.2) is 0 Å². The van der Waals surface area contributed by atoms with Crippen molar-refractivity contribution in [2.24, 2.45) is 0 Å². The molecule has 2 heterocycles. The highest BCUT2D eigenvalue weighted by Gasteiger charge is 2.36. The van der Waals surface area contributed by atoms with Crippen molar-refractivity contribution >= 4 is 28.9 Å². The van der Waals surface area contributed by atoms with E-state index in [1.165, 1.54) is 6.07 Å². The molecule has 1 aromatic heterocycles. The first-order chi connectivity index (χ1) is 18.3. The molecule has 3 aromatic rings. The number of β-amino-alcohol motifs (C(OH)–C–C–N with tert-alkyl or cyclic N) is 1. The van der Waals surface area contributed by atoms with E-state index in [9.17, 15) is 23.4 Å². The Bertz CT molecular complexity index is 1260. The fourth-order valence-electron chi connectivity index (χ4n) is 4.68. The molecule has 1 fully saturated rings. The Balaban J connectivity index is 1.56.